The minimum absolute atomic E-state index is 0.190. The molecule has 2 heterocycles. The van der Waals surface area contributed by atoms with Crippen LogP contribution >= 0.6 is 0 Å². The summed E-state index contributed by atoms with van der Waals surface area (Å²) >= 11 is 0. The van der Waals surface area contributed by atoms with Crippen LogP contribution in [-0.2, 0) is 6.54 Å². The van der Waals surface area contributed by atoms with Crippen molar-refractivity contribution in [1.82, 2.24) is 14.8 Å². The molecule has 7 heteroatoms. The first-order chi connectivity index (χ1) is 15.4. The van der Waals surface area contributed by atoms with E-state index >= 15 is 0 Å². The summed E-state index contributed by atoms with van der Waals surface area (Å²) in [6, 6.07) is 11.3. The molecule has 1 fully saturated rings. The Kier molecular flexibility index (Phi) is 6.55. The van der Waals surface area contributed by atoms with Crippen molar-refractivity contribution < 1.29 is 9.18 Å². The lowest BCUT2D eigenvalue weighted by Crippen LogP contribution is -2.41. The Morgan fingerprint density at radius 3 is 2.56 bits per heavy atom. The average molecular weight is 437 g/mol. The number of urea groups is 1. The van der Waals surface area contributed by atoms with Gasteiger partial charge in [0.2, 0.25) is 0 Å². The number of aromatic amines is 1. The lowest BCUT2D eigenvalue weighted by molar-refractivity contribution is 0.197. The van der Waals surface area contributed by atoms with Crippen molar-refractivity contribution in [2.45, 2.75) is 33.2 Å². The Labute approximate surface area is 187 Å². The number of aromatic nitrogens is 1. The van der Waals surface area contributed by atoms with Crippen molar-refractivity contribution in [2.75, 3.05) is 31.5 Å². The molecule has 2 N–H and O–H groups in total. The molecule has 4 rings (SSSR count). The van der Waals surface area contributed by atoms with Gasteiger partial charge < -0.3 is 20.1 Å². The van der Waals surface area contributed by atoms with Gasteiger partial charge in [0.15, 0.2) is 0 Å². The molecule has 2 amide bonds. The number of hydrogen-bond acceptors (Lipinski definition) is 3. The maximum Gasteiger partial charge on any atom is 0.322 e. The van der Waals surface area contributed by atoms with Gasteiger partial charge in [-0.15, -0.1) is 0 Å². The average Bonchev–Trinajstić information content (AvgIpc) is 3.27. The molecular weight excluding hydrogens is 407 g/mol. The van der Waals surface area contributed by atoms with Crippen molar-refractivity contribution in [2.24, 2.45) is 0 Å². The van der Waals surface area contributed by atoms with E-state index in [1.54, 1.807) is 4.90 Å². The van der Waals surface area contributed by atoms with Gasteiger partial charge in [-0.3, -0.25) is 4.79 Å². The number of carbonyl (C=O) groups excluding carboxylic acids is 1. The second kappa shape index (κ2) is 9.53. The zero-order chi connectivity index (χ0) is 22.7. The summed E-state index contributed by atoms with van der Waals surface area (Å²) in [6.07, 6.45) is 2.34. The second-order valence-corrected chi connectivity index (χ2v) is 8.58. The van der Waals surface area contributed by atoms with Gasteiger partial charge in [0.25, 0.3) is 5.56 Å². The smallest absolute Gasteiger partial charge is 0.321 e. The van der Waals surface area contributed by atoms with Crippen molar-refractivity contribution in [3.05, 3.63) is 75.3 Å². The molecule has 0 unspecified atom stereocenters. The molecule has 0 atom stereocenters. The van der Waals surface area contributed by atoms with E-state index in [2.05, 4.69) is 15.2 Å². The standard InChI is InChI=1S/C25H29FN4O2/c1-17-13-18(2)23-19(14-17)15-20(24(31)28-23)16-30(12-11-29-9-3-4-10-29)25(32)27-22-7-5-21(26)6-8-22/h5-8,13-15H,3-4,9-12,16H2,1-2H3,(H,27,32)(H,28,31). The Bertz CT molecular complexity index is 1170. The van der Waals surface area contributed by atoms with E-state index < -0.39 is 0 Å². The van der Waals surface area contributed by atoms with Crippen LogP contribution in [0.5, 0.6) is 0 Å². The number of halogens is 1. The molecule has 1 saturated heterocycles. The molecule has 168 valence electrons. The molecule has 0 aliphatic carbocycles. The van der Waals surface area contributed by atoms with Crippen LogP contribution in [0.4, 0.5) is 14.9 Å². The summed E-state index contributed by atoms with van der Waals surface area (Å²) in [6.45, 7) is 7.50. The van der Waals surface area contributed by atoms with Gasteiger partial charge in [-0.1, -0.05) is 11.6 Å². The van der Waals surface area contributed by atoms with Crippen molar-refractivity contribution >= 4 is 22.6 Å². The maximum atomic E-state index is 13.2. The molecule has 6 nitrogen and oxygen atoms in total. The third-order valence-electron chi connectivity index (χ3n) is 6.00. The predicted molar refractivity (Wildman–Crippen MR) is 126 cm³/mol. The van der Waals surface area contributed by atoms with Crippen molar-refractivity contribution in [3.63, 3.8) is 0 Å². The van der Waals surface area contributed by atoms with Crippen LogP contribution in [0.1, 0.15) is 29.5 Å². The molecule has 0 spiro atoms. The minimum Gasteiger partial charge on any atom is -0.321 e. The molecule has 3 aromatic rings. The summed E-state index contributed by atoms with van der Waals surface area (Å²) in [4.78, 5) is 32.9. The highest BCUT2D eigenvalue weighted by Crippen LogP contribution is 2.19. The first-order valence-electron chi connectivity index (χ1n) is 11.1. The van der Waals surface area contributed by atoms with Crippen LogP contribution in [0.15, 0.2) is 47.3 Å². The van der Waals surface area contributed by atoms with Gasteiger partial charge >= 0.3 is 6.03 Å². The van der Waals surface area contributed by atoms with E-state index in [0.29, 0.717) is 17.8 Å². The summed E-state index contributed by atoms with van der Waals surface area (Å²) < 4.78 is 13.2. The van der Waals surface area contributed by atoms with Gasteiger partial charge in [-0.2, -0.15) is 0 Å². The summed E-state index contributed by atoms with van der Waals surface area (Å²) in [5, 5.41) is 3.78. The third kappa shape index (κ3) is 5.16. The highest BCUT2D eigenvalue weighted by atomic mass is 19.1. The quantitative estimate of drug-likeness (QED) is 0.601. The number of anilines is 1. The van der Waals surface area contributed by atoms with Crippen LogP contribution in [-0.4, -0.2) is 47.0 Å². The van der Waals surface area contributed by atoms with E-state index in [1.807, 2.05) is 32.0 Å². The normalized spacial score (nSPS) is 14.1. The number of fused-ring (bicyclic) bond motifs is 1. The first-order valence-corrected chi connectivity index (χ1v) is 11.1. The fourth-order valence-electron chi connectivity index (χ4n) is 4.31. The number of rotatable bonds is 6. The number of pyridine rings is 1. The number of H-pyrrole nitrogens is 1. The maximum absolute atomic E-state index is 13.2. The second-order valence-electron chi connectivity index (χ2n) is 8.58. The SMILES string of the molecule is Cc1cc(C)c2[nH]c(=O)c(CN(CCN3CCCC3)C(=O)Nc3ccc(F)cc3)cc2c1. The largest absolute Gasteiger partial charge is 0.322 e. The van der Waals surface area contributed by atoms with E-state index in [9.17, 15) is 14.0 Å². The third-order valence-corrected chi connectivity index (χ3v) is 6.00. The molecule has 1 aliphatic heterocycles. The van der Waals surface area contributed by atoms with Crippen LogP contribution in [0.25, 0.3) is 10.9 Å². The van der Waals surface area contributed by atoms with Gasteiger partial charge in [-0.25, -0.2) is 9.18 Å². The van der Waals surface area contributed by atoms with Gasteiger partial charge in [-0.05, 0) is 87.1 Å². The lowest BCUT2D eigenvalue weighted by Gasteiger charge is -2.26. The monoisotopic (exact) mass is 436 g/mol. The Balaban J connectivity index is 1.58. The predicted octanol–water partition coefficient (Wildman–Crippen LogP) is 4.41. The fraction of sp³-hybridized carbons (Fsp3) is 0.360. The van der Waals surface area contributed by atoms with Crippen LogP contribution in [0.2, 0.25) is 0 Å². The molecule has 0 saturated carbocycles. The number of nitrogens with one attached hydrogen (secondary N) is 2. The Morgan fingerprint density at radius 2 is 1.84 bits per heavy atom. The first kappa shape index (κ1) is 22.0. The van der Waals surface area contributed by atoms with E-state index in [0.717, 1.165) is 41.7 Å². The molecular formula is C25H29FN4O2. The van der Waals surface area contributed by atoms with Crippen LogP contribution in [0.3, 0.4) is 0 Å². The minimum atomic E-state index is -0.359. The van der Waals surface area contributed by atoms with E-state index in [-0.39, 0.29) is 24.0 Å². The van der Waals surface area contributed by atoms with E-state index in [4.69, 9.17) is 0 Å². The molecule has 32 heavy (non-hydrogen) atoms. The number of aryl methyl sites for hydroxylation is 2. The number of benzene rings is 2. The van der Waals surface area contributed by atoms with Crippen molar-refractivity contribution in [1.29, 1.82) is 0 Å². The van der Waals surface area contributed by atoms with Gasteiger partial charge in [0.05, 0.1) is 12.1 Å². The molecule has 1 aromatic heterocycles. The summed E-state index contributed by atoms with van der Waals surface area (Å²) in [7, 11) is 0. The summed E-state index contributed by atoms with van der Waals surface area (Å²) in [5.74, 6) is -0.359. The zero-order valence-electron chi connectivity index (χ0n) is 18.6. The highest BCUT2D eigenvalue weighted by Gasteiger charge is 2.19. The van der Waals surface area contributed by atoms with Crippen LogP contribution in [0, 0.1) is 19.7 Å². The molecule has 2 aromatic carbocycles. The van der Waals surface area contributed by atoms with E-state index in [1.165, 1.54) is 37.1 Å². The summed E-state index contributed by atoms with van der Waals surface area (Å²) in [5.41, 5.74) is 3.82. The number of carbonyl (C=O) groups is 1. The number of amides is 2. The number of hydrogen-bond donors (Lipinski definition) is 2. The Hall–Kier alpha value is -3.19. The van der Waals surface area contributed by atoms with Gasteiger partial charge in [0, 0.05) is 24.3 Å². The lowest BCUT2D eigenvalue weighted by atomic mass is 10.1. The fourth-order valence-corrected chi connectivity index (χ4v) is 4.31. The highest BCUT2D eigenvalue weighted by molar-refractivity contribution is 5.89. The number of nitrogens with zero attached hydrogens (tertiary/aromatic N) is 2. The topological polar surface area (TPSA) is 68.4 Å². The van der Waals surface area contributed by atoms with Gasteiger partial charge in [0.1, 0.15) is 5.82 Å². The molecule has 0 radical (unpaired) electrons. The van der Waals surface area contributed by atoms with Crippen molar-refractivity contribution in [3.8, 4) is 0 Å². The molecule has 0 bridgehead atoms. The van der Waals surface area contributed by atoms with Crippen LogP contribution < -0.4 is 10.9 Å². The number of likely N-dealkylation sites (tertiary alicyclic amines) is 1. The zero-order valence-corrected chi connectivity index (χ0v) is 18.6. The molecule has 1 aliphatic rings. The Morgan fingerprint density at radius 1 is 1.12 bits per heavy atom.